The molecule has 0 saturated heterocycles. The third-order valence-electron chi connectivity index (χ3n) is 4.97. The molecule has 0 fully saturated rings. The maximum Gasteiger partial charge on any atom is 0.281 e. The molecule has 3 heterocycles. The van der Waals surface area contributed by atoms with E-state index in [1.54, 1.807) is 37.3 Å². The van der Waals surface area contributed by atoms with Gasteiger partial charge >= 0.3 is 0 Å². The maximum atomic E-state index is 14.1. The minimum absolute atomic E-state index is 0.0654. The fraction of sp³-hybridized carbons (Fsp3) is 0.136. The highest BCUT2D eigenvalue weighted by Crippen LogP contribution is 2.30. The van der Waals surface area contributed by atoms with Crippen LogP contribution in [0.3, 0.4) is 0 Å². The van der Waals surface area contributed by atoms with Crippen molar-refractivity contribution in [3.63, 3.8) is 0 Å². The molecule has 1 N–H and O–H groups in total. The van der Waals surface area contributed by atoms with E-state index < -0.39 is 26.6 Å². The Kier molecular flexibility index (Phi) is 5.92. The number of hydrogen-bond donors (Lipinski definition) is 1. The number of ether oxygens (including phenoxy) is 1. The molecule has 0 saturated carbocycles. The lowest BCUT2D eigenvalue weighted by molar-refractivity contribution is 0.400. The van der Waals surface area contributed by atoms with E-state index in [-0.39, 0.29) is 17.1 Å². The van der Waals surface area contributed by atoms with Gasteiger partial charge in [-0.25, -0.2) is 27.2 Å². The fourth-order valence-corrected chi connectivity index (χ4v) is 4.39. The number of sulfonamides is 1. The summed E-state index contributed by atoms with van der Waals surface area (Å²) in [6.07, 6.45) is 4.47. The number of methoxy groups -OCH3 is 1. The molecule has 0 aliphatic heterocycles. The smallest absolute Gasteiger partial charge is 0.281 e. The number of halogens is 2. The lowest BCUT2D eigenvalue weighted by atomic mass is 10.1. The van der Waals surface area contributed by atoms with E-state index >= 15 is 0 Å². The zero-order chi connectivity index (χ0) is 24.6. The first-order valence-corrected chi connectivity index (χ1v) is 11.3. The number of nitrogens with one attached hydrogen (secondary N) is 1. The SMILES string of the molecule is COc1ncc(-c2ccc3ncc(N(C)C)c(=O)n3c2)cc1NS(=O)(=O)c1ccc(F)cc1F. The first-order valence-electron chi connectivity index (χ1n) is 9.82. The summed E-state index contributed by atoms with van der Waals surface area (Å²) in [4.78, 5) is 22.1. The van der Waals surface area contributed by atoms with Gasteiger partial charge in [-0.15, -0.1) is 0 Å². The lowest BCUT2D eigenvalue weighted by Gasteiger charge is -2.14. The molecule has 0 amide bonds. The summed E-state index contributed by atoms with van der Waals surface area (Å²) in [5.74, 6) is -2.21. The van der Waals surface area contributed by atoms with Crippen LogP contribution in [0.1, 0.15) is 0 Å². The number of pyridine rings is 2. The van der Waals surface area contributed by atoms with Crippen molar-refractivity contribution in [2.75, 3.05) is 30.8 Å². The minimum atomic E-state index is -4.43. The molecule has 4 aromatic rings. The molecular formula is C22H19F2N5O4S. The van der Waals surface area contributed by atoms with Gasteiger partial charge in [0, 0.05) is 43.7 Å². The van der Waals surface area contributed by atoms with Crippen LogP contribution >= 0.6 is 0 Å². The number of anilines is 2. The van der Waals surface area contributed by atoms with Crippen molar-refractivity contribution in [3.8, 4) is 17.0 Å². The molecule has 176 valence electrons. The van der Waals surface area contributed by atoms with Gasteiger partial charge in [0.25, 0.3) is 15.6 Å². The Balaban J connectivity index is 1.79. The molecule has 9 nitrogen and oxygen atoms in total. The van der Waals surface area contributed by atoms with Crippen LogP contribution in [-0.2, 0) is 10.0 Å². The second-order valence-corrected chi connectivity index (χ2v) is 9.10. The zero-order valence-electron chi connectivity index (χ0n) is 18.3. The normalized spacial score (nSPS) is 11.4. The van der Waals surface area contributed by atoms with E-state index in [0.717, 1.165) is 12.1 Å². The van der Waals surface area contributed by atoms with Crippen LogP contribution in [0.4, 0.5) is 20.2 Å². The highest BCUT2D eigenvalue weighted by Gasteiger charge is 2.22. The Morgan fingerprint density at radius 2 is 1.79 bits per heavy atom. The van der Waals surface area contributed by atoms with Crippen LogP contribution in [0.2, 0.25) is 0 Å². The molecule has 34 heavy (non-hydrogen) atoms. The van der Waals surface area contributed by atoms with E-state index in [1.165, 1.54) is 30.0 Å². The van der Waals surface area contributed by atoms with Crippen molar-refractivity contribution in [1.29, 1.82) is 0 Å². The molecule has 0 aliphatic carbocycles. The minimum Gasteiger partial charge on any atom is -0.480 e. The second kappa shape index (κ2) is 8.71. The maximum absolute atomic E-state index is 14.1. The van der Waals surface area contributed by atoms with E-state index in [1.807, 2.05) is 0 Å². The van der Waals surface area contributed by atoms with Gasteiger partial charge in [0.2, 0.25) is 5.88 Å². The van der Waals surface area contributed by atoms with Crippen molar-refractivity contribution in [1.82, 2.24) is 14.4 Å². The Bertz CT molecular complexity index is 1570. The summed E-state index contributed by atoms with van der Waals surface area (Å²) in [5, 5.41) is 0. The molecule has 0 atom stereocenters. The van der Waals surface area contributed by atoms with Gasteiger partial charge < -0.3 is 9.64 Å². The van der Waals surface area contributed by atoms with Crippen molar-refractivity contribution < 1.29 is 21.9 Å². The van der Waals surface area contributed by atoms with E-state index in [9.17, 15) is 22.0 Å². The molecule has 4 rings (SSSR count). The van der Waals surface area contributed by atoms with Crippen LogP contribution in [0.25, 0.3) is 16.8 Å². The van der Waals surface area contributed by atoms with Gasteiger partial charge in [-0.05, 0) is 30.3 Å². The highest BCUT2D eigenvalue weighted by atomic mass is 32.2. The Morgan fingerprint density at radius 3 is 2.47 bits per heavy atom. The number of nitrogens with zero attached hydrogens (tertiary/aromatic N) is 4. The summed E-state index contributed by atoms with van der Waals surface area (Å²) in [7, 11) is 0.316. The van der Waals surface area contributed by atoms with Gasteiger partial charge in [0.1, 0.15) is 33.6 Å². The van der Waals surface area contributed by atoms with Crippen LogP contribution in [-0.4, -0.2) is 44.0 Å². The summed E-state index contributed by atoms with van der Waals surface area (Å²) in [6, 6.07) is 6.90. The van der Waals surface area contributed by atoms with Gasteiger partial charge in [-0.1, -0.05) is 0 Å². The molecule has 0 unspecified atom stereocenters. The molecule has 0 spiro atoms. The third kappa shape index (κ3) is 4.27. The van der Waals surface area contributed by atoms with E-state index in [0.29, 0.717) is 28.5 Å². The fourth-order valence-electron chi connectivity index (χ4n) is 3.28. The van der Waals surface area contributed by atoms with Crippen molar-refractivity contribution in [2.24, 2.45) is 0 Å². The monoisotopic (exact) mass is 487 g/mol. The summed E-state index contributed by atoms with van der Waals surface area (Å²) in [6.45, 7) is 0. The third-order valence-corrected chi connectivity index (χ3v) is 6.37. The van der Waals surface area contributed by atoms with Gasteiger partial charge in [0.15, 0.2) is 0 Å². The molecule has 3 aromatic heterocycles. The molecule has 0 radical (unpaired) electrons. The van der Waals surface area contributed by atoms with Crippen molar-refractivity contribution in [2.45, 2.75) is 4.90 Å². The first kappa shape index (κ1) is 23.1. The average Bonchev–Trinajstić information content (AvgIpc) is 2.78. The van der Waals surface area contributed by atoms with Crippen molar-refractivity contribution in [3.05, 3.63) is 77.0 Å². The summed E-state index contributed by atoms with van der Waals surface area (Å²) < 4.78 is 61.6. The van der Waals surface area contributed by atoms with Crippen LogP contribution in [0.15, 0.2) is 64.7 Å². The highest BCUT2D eigenvalue weighted by molar-refractivity contribution is 7.92. The van der Waals surface area contributed by atoms with Gasteiger partial charge in [0.05, 0.1) is 13.3 Å². The number of benzene rings is 1. The Labute approximate surface area is 193 Å². The molecular weight excluding hydrogens is 468 g/mol. The molecule has 0 aliphatic rings. The Hall–Kier alpha value is -4.06. The number of rotatable bonds is 6. The summed E-state index contributed by atoms with van der Waals surface area (Å²) >= 11 is 0. The van der Waals surface area contributed by atoms with Gasteiger partial charge in [-0.2, -0.15) is 0 Å². The molecule has 12 heteroatoms. The lowest BCUT2D eigenvalue weighted by Crippen LogP contribution is -2.24. The number of fused-ring (bicyclic) bond motifs is 1. The standard InChI is InChI=1S/C22H19F2N5O4S/c1-28(2)18-11-25-20-7-4-13(12-29(20)22(18)30)14-8-17(21(33-3)26-10-14)27-34(31,32)19-6-5-15(23)9-16(19)24/h4-12,27H,1-3H3. The number of aromatic nitrogens is 3. The zero-order valence-corrected chi connectivity index (χ0v) is 19.1. The van der Waals surface area contributed by atoms with Crippen molar-refractivity contribution >= 4 is 27.0 Å². The van der Waals surface area contributed by atoms with Gasteiger partial charge in [-0.3, -0.25) is 13.9 Å². The van der Waals surface area contributed by atoms with E-state index in [4.69, 9.17) is 4.74 Å². The topological polar surface area (TPSA) is 106 Å². The first-order chi connectivity index (χ1) is 16.1. The van der Waals surface area contributed by atoms with E-state index in [2.05, 4.69) is 14.7 Å². The Morgan fingerprint density at radius 1 is 1.03 bits per heavy atom. The second-order valence-electron chi connectivity index (χ2n) is 7.45. The predicted molar refractivity (Wildman–Crippen MR) is 123 cm³/mol. The number of hydrogen-bond acceptors (Lipinski definition) is 7. The molecule has 1 aromatic carbocycles. The van der Waals surface area contributed by atoms with Crippen LogP contribution in [0.5, 0.6) is 5.88 Å². The molecule has 0 bridgehead atoms. The predicted octanol–water partition coefficient (Wildman–Crippen LogP) is 2.91. The summed E-state index contributed by atoms with van der Waals surface area (Å²) in [5.41, 5.74) is 1.44. The van der Waals surface area contributed by atoms with Crippen LogP contribution < -0.4 is 19.9 Å². The largest absolute Gasteiger partial charge is 0.480 e. The van der Waals surface area contributed by atoms with Crippen LogP contribution in [0, 0.1) is 11.6 Å². The average molecular weight is 487 g/mol. The quantitative estimate of drug-likeness (QED) is 0.446.